The van der Waals surface area contributed by atoms with Crippen LogP contribution >= 0.6 is 0 Å². The minimum Gasteiger partial charge on any atom is -0.496 e. The van der Waals surface area contributed by atoms with Gasteiger partial charge in [0.15, 0.2) is 5.65 Å². The van der Waals surface area contributed by atoms with Crippen molar-refractivity contribution in [3.63, 3.8) is 0 Å². The molecule has 0 spiro atoms. The van der Waals surface area contributed by atoms with Gasteiger partial charge >= 0.3 is 0 Å². The molecule has 3 aromatic rings. The average Bonchev–Trinajstić information content (AvgIpc) is 2.82. The summed E-state index contributed by atoms with van der Waals surface area (Å²) in [5.74, 6) is 0.166. The van der Waals surface area contributed by atoms with Gasteiger partial charge in [-0.2, -0.15) is 0 Å². The Labute approximate surface area is 140 Å². The number of hydrogen-bond donors (Lipinski definition) is 2. The van der Waals surface area contributed by atoms with Gasteiger partial charge in [-0.15, -0.1) is 0 Å². The number of benzene rings is 1. The number of aromatic nitrogens is 2. The van der Waals surface area contributed by atoms with Crippen LogP contribution in [0.2, 0.25) is 0 Å². The van der Waals surface area contributed by atoms with Crippen LogP contribution in [0.15, 0.2) is 24.4 Å². The van der Waals surface area contributed by atoms with E-state index in [9.17, 15) is 4.79 Å². The Hall–Kier alpha value is -3.02. The summed E-state index contributed by atoms with van der Waals surface area (Å²) in [4.78, 5) is 16.3. The standard InChI is InChI=1S/C18H20N4O2/c1-9-5-6-12(24-4)11(3)13(9)16-15(19)14(17(20)23)18-21-8-7-10(2)22(16)18/h5-8H,19H2,1-4H3,(H2,20,23). The van der Waals surface area contributed by atoms with E-state index in [4.69, 9.17) is 16.2 Å². The Balaban J connectivity index is 2.53. The molecule has 6 heteroatoms. The van der Waals surface area contributed by atoms with Crippen LogP contribution < -0.4 is 16.2 Å². The van der Waals surface area contributed by atoms with Crippen molar-refractivity contribution in [1.29, 1.82) is 0 Å². The number of nitrogens with two attached hydrogens (primary N) is 2. The van der Waals surface area contributed by atoms with Gasteiger partial charge < -0.3 is 16.2 Å². The molecule has 0 saturated carbocycles. The maximum atomic E-state index is 11.9. The van der Waals surface area contributed by atoms with Gasteiger partial charge in [-0.1, -0.05) is 6.07 Å². The van der Waals surface area contributed by atoms with E-state index in [0.29, 0.717) is 11.3 Å². The summed E-state index contributed by atoms with van der Waals surface area (Å²) in [7, 11) is 1.63. The highest BCUT2D eigenvalue weighted by molar-refractivity contribution is 6.08. The second-order valence-electron chi connectivity index (χ2n) is 5.83. The largest absolute Gasteiger partial charge is 0.496 e. The number of ether oxygens (including phenoxy) is 1. The Morgan fingerprint density at radius 1 is 1.21 bits per heavy atom. The Bertz CT molecular complexity index is 973. The zero-order valence-electron chi connectivity index (χ0n) is 14.2. The van der Waals surface area contributed by atoms with Gasteiger partial charge in [0.25, 0.3) is 5.91 Å². The number of carbonyl (C=O) groups is 1. The first-order valence-electron chi connectivity index (χ1n) is 7.58. The number of aryl methyl sites for hydroxylation is 2. The van der Waals surface area contributed by atoms with Crippen molar-refractivity contribution in [3.05, 3.63) is 46.8 Å². The molecule has 0 aliphatic rings. The molecule has 2 aromatic heterocycles. The second kappa shape index (κ2) is 5.56. The highest BCUT2D eigenvalue weighted by Gasteiger charge is 2.25. The number of primary amides is 1. The van der Waals surface area contributed by atoms with Crippen LogP contribution in [-0.2, 0) is 0 Å². The minimum absolute atomic E-state index is 0.246. The van der Waals surface area contributed by atoms with Crippen molar-refractivity contribution in [2.24, 2.45) is 5.73 Å². The quantitative estimate of drug-likeness (QED) is 0.774. The monoisotopic (exact) mass is 324 g/mol. The SMILES string of the molecule is COc1ccc(C)c(-c2c(N)c(C(N)=O)c3nccc(C)n23)c1C. The van der Waals surface area contributed by atoms with Crippen molar-refractivity contribution in [2.45, 2.75) is 20.8 Å². The highest BCUT2D eigenvalue weighted by atomic mass is 16.5. The molecular formula is C18H20N4O2. The number of nitrogen functional groups attached to an aromatic ring is 1. The molecule has 4 N–H and O–H groups in total. The van der Waals surface area contributed by atoms with Gasteiger partial charge in [-0.25, -0.2) is 4.98 Å². The molecule has 0 fully saturated rings. The van der Waals surface area contributed by atoms with Crippen LogP contribution in [0.25, 0.3) is 16.9 Å². The van der Waals surface area contributed by atoms with E-state index in [1.54, 1.807) is 13.3 Å². The molecule has 24 heavy (non-hydrogen) atoms. The molecule has 0 radical (unpaired) electrons. The number of carbonyl (C=O) groups excluding carboxylic acids is 1. The number of rotatable bonds is 3. The lowest BCUT2D eigenvalue weighted by atomic mass is 9.97. The van der Waals surface area contributed by atoms with E-state index >= 15 is 0 Å². The molecule has 1 aromatic carbocycles. The lowest BCUT2D eigenvalue weighted by molar-refractivity contribution is 0.100. The molecule has 2 heterocycles. The Kier molecular flexibility index (Phi) is 3.67. The molecule has 3 rings (SSSR count). The second-order valence-corrected chi connectivity index (χ2v) is 5.83. The van der Waals surface area contributed by atoms with E-state index in [1.807, 2.05) is 43.4 Å². The van der Waals surface area contributed by atoms with Crippen LogP contribution in [0.4, 0.5) is 5.69 Å². The highest BCUT2D eigenvalue weighted by Crippen LogP contribution is 2.40. The lowest BCUT2D eigenvalue weighted by Gasteiger charge is -2.15. The predicted molar refractivity (Wildman–Crippen MR) is 94.3 cm³/mol. The Morgan fingerprint density at radius 2 is 1.92 bits per heavy atom. The molecule has 0 aliphatic heterocycles. The first-order valence-corrected chi connectivity index (χ1v) is 7.58. The van der Waals surface area contributed by atoms with Crippen LogP contribution in [0, 0.1) is 20.8 Å². The number of hydrogen-bond acceptors (Lipinski definition) is 4. The van der Waals surface area contributed by atoms with E-state index < -0.39 is 5.91 Å². The Morgan fingerprint density at radius 3 is 2.54 bits per heavy atom. The summed E-state index contributed by atoms with van der Waals surface area (Å²) in [6.07, 6.45) is 1.64. The van der Waals surface area contributed by atoms with Gasteiger partial charge in [0, 0.05) is 23.0 Å². The van der Waals surface area contributed by atoms with Crippen molar-refractivity contribution in [2.75, 3.05) is 12.8 Å². The fourth-order valence-electron chi connectivity index (χ4n) is 3.24. The van der Waals surface area contributed by atoms with Crippen LogP contribution in [0.1, 0.15) is 27.2 Å². The summed E-state index contributed by atoms with van der Waals surface area (Å²) in [5.41, 5.74) is 17.5. The number of nitrogens with zero attached hydrogens (tertiary/aromatic N) is 2. The van der Waals surface area contributed by atoms with Crippen LogP contribution in [0.3, 0.4) is 0 Å². The molecule has 1 amide bonds. The van der Waals surface area contributed by atoms with Crippen molar-refractivity contribution < 1.29 is 9.53 Å². The smallest absolute Gasteiger partial charge is 0.254 e. The summed E-state index contributed by atoms with van der Waals surface area (Å²) >= 11 is 0. The molecule has 0 atom stereocenters. The zero-order valence-corrected chi connectivity index (χ0v) is 14.2. The summed E-state index contributed by atoms with van der Waals surface area (Å²) in [6.45, 7) is 5.90. The third-order valence-corrected chi connectivity index (χ3v) is 4.38. The van der Waals surface area contributed by atoms with Crippen molar-refractivity contribution >= 4 is 17.2 Å². The number of methoxy groups -OCH3 is 1. The van der Waals surface area contributed by atoms with Crippen LogP contribution in [-0.4, -0.2) is 22.4 Å². The summed E-state index contributed by atoms with van der Waals surface area (Å²) < 4.78 is 7.32. The molecular weight excluding hydrogens is 304 g/mol. The zero-order chi connectivity index (χ0) is 17.6. The van der Waals surface area contributed by atoms with Gasteiger partial charge in [0.1, 0.15) is 11.3 Å². The summed E-state index contributed by atoms with van der Waals surface area (Å²) in [6, 6.07) is 5.75. The lowest BCUT2D eigenvalue weighted by Crippen LogP contribution is -2.13. The van der Waals surface area contributed by atoms with E-state index in [2.05, 4.69) is 4.98 Å². The first kappa shape index (κ1) is 15.9. The van der Waals surface area contributed by atoms with Gasteiger partial charge in [-0.05, 0) is 38.5 Å². The molecule has 0 saturated heterocycles. The normalized spacial score (nSPS) is 11.0. The molecule has 124 valence electrons. The van der Waals surface area contributed by atoms with E-state index in [-0.39, 0.29) is 5.56 Å². The molecule has 0 aliphatic carbocycles. The number of anilines is 1. The molecule has 0 unspecified atom stereocenters. The van der Waals surface area contributed by atoms with Crippen molar-refractivity contribution in [1.82, 2.24) is 9.38 Å². The average molecular weight is 324 g/mol. The topological polar surface area (TPSA) is 95.6 Å². The van der Waals surface area contributed by atoms with Crippen LogP contribution in [0.5, 0.6) is 5.75 Å². The minimum atomic E-state index is -0.590. The summed E-state index contributed by atoms with van der Waals surface area (Å²) in [5, 5.41) is 0. The fraction of sp³-hybridized carbons (Fsp3) is 0.222. The van der Waals surface area contributed by atoms with Gasteiger partial charge in [-0.3, -0.25) is 9.20 Å². The maximum absolute atomic E-state index is 11.9. The molecule has 0 bridgehead atoms. The van der Waals surface area contributed by atoms with E-state index in [1.165, 1.54) is 0 Å². The van der Waals surface area contributed by atoms with Crippen molar-refractivity contribution in [3.8, 4) is 17.0 Å². The third-order valence-electron chi connectivity index (χ3n) is 4.38. The fourth-order valence-corrected chi connectivity index (χ4v) is 3.24. The van der Waals surface area contributed by atoms with Gasteiger partial charge in [0.05, 0.1) is 18.5 Å². The predicted octanol–water partition coefficient (Wildman–Crippen LogP) is 2.62. The number of fused-ring (bicyclic) bond motifs is 1. The van der Waals surface area contributed by atoms with E-state index in [0.717, 1.165) is 33.8 Å². The first-order chi connectivity index (χ1) is 11.4. The van der Waals surface area contributed by atoms with Gasteiger partial charge in [0.2, 0.25) is 0 Å². The third kappa shape index (κ3) is 2.11. The maximum Gasteiger partial charge on any atom is 0.254 e. The molecule has 6 nitrogen and oxygen atoms in total. The number of amides is 1.